The maximum atomic E-state index is 12.2. The SMILES string of the molecule is CCC(C)(C)C(=O)NC(C)(C)CC1(C)NC(=O)NC1=O. The van der Waals surface area contributed by atoms with Crippen molar-refractivity contribution in [1.29, 1.82) is 0 Å². The maximum absolute atomic E-state index is 12.2. The number of hydrogen-bond acceptors (Lipinski definition) is 3. The highest BCUT2D eigenvalue weighted by Gasteiger charge is 2.46. The van der Waals surface area contributed by atoms with Crippen molar-refractivity contribution in [3.8, 4) is 0 Å². The van der Waals surface area contributed by atoms with E-state index < -0.39 is 22.5 Å². The van der Waals surface area contributed by atoms with Crippen molar-refractivity contribution in [2.75, 3.05) is 0 Å². The van der Waals surface area contributed by atoms with E-state index in [1.165, 1.54) is 0 Å². The third-order valence-electron chi connectivity index (χ3n) is 3.86. The molecule has 20 heavy (non-hydrogen) atoms. The Morgan fingerprint density at radius 2 is 1.80 bits per heavy atom. The summed E-state index contributed by atoms with van der Waals surface area (Å²) >= 11 is 0. The van der Waals surface area contributed by atoms with E-state index >= 15 is 0 Å². The fourth-order valence-electron chi connectivity index (χ4n) is 2.27. The quantitative estimate of drug-likeness (QED) is 0.665. The lowest BCUT2D eigenvalue weighted by molar-refractivity contribution is -0.132. The number of imide groups is 1. The molecule has 6 heteroatoms. The zero-order valence-electron chi connectivity index (χ0n) is 13.1. The van der Waals surface area contributed by atoms with E-state index in [-0.39, 0.29) is 11.8 Å². The van der Waals surface area contributed by atoms with Crippen molar-refractivity contribution in [3.63, 3.8) is 0 Å². The predicted octanol–water partition coefficient (Wildman–Crippen LogP) is 1.31. The first-order valence-electron chi connectivity index (χ1n) is 6.88. The van der Waals surface area contributed by atoms with Crippen LogP contribution in [0.3, 0.4) is 0 Å². The molecule has 1 aliphatic heterocycles. The Morgan fingerprint density at radius 3 is 2.20 bits per heavy atom. The number of carbonyl (C=O) groups is 3. The summed E-state index contributed by atoms with van der Waals surface area (Å²) in [4.78, 5) is 35.3. The molecule has 0 aromatic heterocycles. The van der Waals surface area contributed by atoms with Gasteiger partial charge in [-0.25, -0.2) is 4.79 Å². The summed E-state index contributed by atoms with van der Waals surface area (Å²) in [6.45, 7) is 11.1. The molecule has 0 spiro atoms. The lowest BCUT2D eigenvalue weighted by atomic mass is 9.83. The molecule has 0 aliphatic carbocycles. The number of hydrogen-bond donors (Lipinski definition) is 3. The smallest absolute Gasteiger partial charge is 0.322 e. The highest BCUT2D eigenvalue weighted by atomic mass is 16.2. The molecule has 3 N–H and O–H groups in total. The van der Waals surface area contributed by atoms with Gasteiger partial charge in [-0.2, -0.15) is 0 Å². The summed E-state index contributed by atoms with van der Waals surface area (Å²) in [5, 5.41) is 7.80. The Morgan fingerprint density at radius 1 is 1.25 bits per heavy atom. The second-order valence-corrected chi connectivity index (χ2v) is 6.99. The van der Waals surface area contributed by atoms with Gasteiger partial charge in [0, 0.05) is 17.4 Å². The average molecular weight is 283 g/mol. The molecule has 0 aromatic rings. The third-order valence-corrected chi connectivity index (χ3v) is 3.86. The molecule has 0 radical (unpaired) electrons. The molecule has 6 nitrogen and oxygen atoms in total. The Bertz CT molecular complexity index is 443. The molecule has 1 atom stereocenters. The summed E-state index contributed by atoms with van der Waals surface area (Å²) in [6, 6.07) is -0.492. The summed E-state index contributed by atoms with van der Waals surface area (Å²) in [5.74, 6) is -0.419. The number of urea groups is 1. The van der Waals surface area contributed by atoms with Crippen molar-refractivity contribution >= 4 is 17.8 Å². The van der Waals surface area contributed by atoms with E-state index in [2.05, 4.69) is 16.0 Å². The monoisotopic (exact) mass is 283 g/mol. The van der Waals surface area contributed by atoms with Gasteiger partial charge in [-0.15, -0.1) is 0 Å². The van der Waals surface area contributed by atoms with Gasteiger partial charge in [-0.1, -0.05) is 20.8 Å². The normalized spacial score (nSPS) is 23.3. The number of rotatable bonds is 5. The molecular formula is C14H25N3O3. The van der Waals surface area contributed by atoms with Crippen molar-refractivity contribution < 1.29 is 14.4 Å². The van der Waals surface area contributed by atoms with Crippen LogP contribution in [0.2, 0.25) is 0 Å². The molecule has 0 saturated carbocycles. The largest absolute Gasteiger partial charge is 0.351 e. The summed E-state index contributed by atoms with van der Waals surface area (Å²) in [7, 11) is 0. The lowest BCUT2D eigenvalue weighted by Gasteiger charge is -2.36. The molecule has 1 unspecified atom stereocenters. The van der Waals surface area contributed by atoms with E-state index in [0.717, 1.165) is 6.42 Å². The zero-order chi connectivity index (χ0) is 15.8. The second kappa shape index (κ2) is 5.07. The lowest BCUT2D eigenvalue weighted by Crippen LogP contribution is -2.56. The molecule has 1 fully saturated rings. The second-order valence-electron chi connectivity index (χ2n) is 6.99. The van der Waals surface area contributed by atoms with Gasteiger partial charge in [0.05, 0.1) is 0 Å². The molecule has 0 bridgehead atoms. The van der Waals surface area contributed by atoms with Crippen LogP contribution in [0.1, 0.15) is 54.4 Å². The zero-order valence-corrected chi connectivity index (χ0v) is 13.1. The molecule has 1 rings (SSSR count). The van der Waals surface area contributed by atoms with Crippen LogP contribution in [0.25, 0.3) is 0 Å². The van der Waals surface area contributed by atoms with Gasteiger partial charge in [-0.05, 0) is 27.2 Å². The summed E-state index contributed by atoms with van der Waals surface area (Å²) in [5.41, 5.74) is -2.06. The van der Waals surface area contributed by atoms with Crippen molar-refractivity contribution in [2.45, 2.75) is 65.5 Å². The van der Waals surface area contributed by atoms with Gasteiger partial charge in [0.2, 0.25) is 5.91 Å². The van der Waals surface area contributed by atoms with Crippen LogP contribution in [0.15, 0.2) is 0 Å². The van der Waals surface area contributed by atoms with Gasteiger partial charge < -0.3 is 10.6 Å². The van der Waals surface area contributed by atoms with Crippen LogP contribution in [-0.4, -0.2) is 28.9 Å². The minimum absolute atomic E-state index is 0.0571. The Kier molecular flexibility index (Phi) is 4.17. The fourth-order valence-corrected chi connectivity index (χ4v) is 2.27. The topological polar surface area (TPSA) is 87.3 Å². The molecule has 4 amide bonds. The van der Waals surface area contributed by atoms with Crippen LogP contribution in [0.4, 0.5) is 4.79 Å². The predicted molar refractivity (Wildman–Crippen MR) is 76.0 cm³/mol. The van der Waals surface area contributed by atoms with Crippen molar-refractivity contribution in [3.05, 3.63) is 0 Å². The molecular weight excluding hydrogens is 258 g/mol. The first kappa shape index (κ1) is 16.5. The fraction of sp³-hybridized carbons (Fsp3) is 0.786. The average Bonchev–Trinajstić information content (AvgIpc) is 2.50. The van der Waals surface area contributed by atoms with Crippen molar-refractivity contribution in [2.24, 2.45) is 5.41 Å². The van der Waals surface area contributed by atoms with Crippen LogP contribution < -0.4 is 16.0 Å². The van der Waals surface area contributed by atoms with E-state index in [0.29, 0.717) is 6.42 Å². The summed E-state index contributed by atoms with van der Waals surface area (Å²) < 4.78 is 0. The standard InChI is InChI=1S/C14H25N3O3/c1-7-12(2,3)9(18)16-13(4,5)8-14(6)10(19)15-11(20)17-14/h7-8H2,1-6H3,(H,16,18)(H2,15,17,19,20). The first-order valence-corrected chi connectivity index (χ1v) is 6.88. The van der Waals surface area contributed by atoms with Crippen LogP contribution >= 0.6 is 0 Å². The van der Waals surface area contributed by atoms with Gasteiger partial charge in [0.25, 0.3) is 5.91 Å². The van der Waals surface area contributed by atoms with Gasteiger partial charge in [0.15, 0.2) is 0 Å². The van der Waals surface area contributed by atoms with Gasteiger partial charge in [-0.3, -0.25) is 14.9 Å². The molecule has 1 saturated heterocycles. The Labute approximate surface area is 120 Å². The number of amides is 4. The Balaban J connectivity index is 2.78. The first-order chi connectivity index (χ1) is 8.92. The highest BCUT2D eigenvalue weighted by Crippen LogP contribution is 2.26. The summed E-state index contributed by atoms with van der Waals surface area (Å²) in [6.07, 6.45) is 1.05. The van der Waals surface area contributed by atoms with E-state index in [1.54, 1.807) is 6.92 Å². The number of carbonyl (C=O) groups excluding carboxylic acids is 3. The number of nitrogens with one attached hydrogen (secondary N) is 3. The minimum atomic E-state index is -0.996. The minimum Gasteiger partial charge on any atom is -0.351 e. The third kappa shape index (κ3) is 3.49. The Hall–Kier alpha value is -1.59. The van der Waals surface area contributed by atoms with Crippen LogP contribution in [0, 0.1) is 5.41 Å². The van der Waals surface area contributed by atoms with Crippen LogP contribution in [0.5, 0.6) is 0 Å². The van der Waals surface area contributed by atoms with Gasteiger partial charge >= 0.3 is 6.03 Å². The van der Waals surface area contributed by atoms with E-state index in [9.17, 15) is 14.4 Å². The maximum Gasteiger partial charge on any atom is 0.322 e. The highest BCUT2D eigenvalue weighted by molar-refractivity contribution is 6.06. The van der Waals surface area contributed by atoms with Crippen molar-refractivity contribution in [1.82, 2.24) is 16.0 Å². The molecule has 1 aliphatic rings. The van der Waals surface area contributed by atoms with E-state index in [4.69, 9.17) is 0 Å². The molecule has 1 heterocycles. The van der Waals surface area contributed by atoms with E-state index in [1.807, 2.05) is 34.6 Å². The molecule has 114 valence electrons. The molecule has 0 aromatic carbocycles. The van der Waals surface area contributed by atoms with Crippen LogP contribution in [-0.2, 0) is 9.59 Å². The van der Waals surface area contributed by atoms with Gasteiger partial charge in [0.1, 0.15) is 5.54 Å².